The van der Waals surface area contributed by atoms with Gasteiger partial charge >= 0.3 is 0 Å². The number of hydrogen-bond acceptors (Lipinski definition) is 3. The van der Waals surface area contributed by atoms with E-state index in [0.29, 0.717) is 5.84 Å². The van der Waals surface area contributed by atoms with Gasteiger partial charge in [-0.2, -0.15) is 0 Å². The summed E-state index contributed by atoms with van der Waals surface area (Å²) in [4.78, 5) is 8.10. The molecule has 0 radical (unpaired) electrons. The van der Waals surface area contributed by atoms with E-state index in [0.717, 1.165) is 11.3 Å². The van der Waals surface area contributed by atoms with Gasteiger partial charge in [0.05, 0.1) is 0 Å². The summed E-state index contributed by atoms with van der Waals surface area (Å²) in [6.07, 6.45) is 1.74. The lowest BCUT2D eigenvalue weighted by molar-refractivity contribution is 1.01. The van der Waals surface area contributed by atoms with E-state index in [1.54, 1.807) is 13.2 Å². The van der Waals surface area contributed by atoms with E-state index >= 15 is 0 Å². The van der Waals surface area contributed by atoms with Gasteiger partial charge in [0.2, 0.25) is 0 Å². The third kappa shape index (κ3) is 1.60. The normalized spacial score (nSPS) is 11.4. The Hall–Kier alpha value is -1.42. The summed E-state index contributed by atoms with van der Waals surface area (Å²) in [7, 11) is 1.68. The zero-order chi connectivity index (χ0) is 8.97. The Labute approximate surface area is 71.5 Å². The predicted molar refractivity (Wildman–Crippen MR) is 48.8 cm³/mol. The maximum Gasteiger partial charge on any atom is 0.144 e. The van der Waals surface area contributed by atoms with Crippen molar-refractivity contribution in [2.45, 2.75) is 6.92 Å². The zero-order valence-corrected chi connectivity index (χ0v) is 7.20. The lowest BCUT2D eigenvalue weighted by Crippen LogP contribution is -2.31. The molecule has 4 heteroatoms. The minimum absolute atomic E-state index is 0.653. The maximum atomic E-state index is 5.28. The SMILES string of the molecule is CN=C(NN)c1cccnc1C. The molecule has 1 heterocycles. The van der Waals surface area contributed by atoms with Crippen LogP contribution in [0.3, 0.4) is 0 Å². The quantitative estimate of drug-likeness (QED) is 0.270. The van der Waals surface area contributed by atoms with Crippen molar-refractivity contribution < 1.29 is 0 Å². The fraction of sp³-hybridized carbons (Fsp3) is 0.250. The Kier molecular flexibility index (Phi) is 2.76. The summed E-state index contributed by atoms with van der Waals surface area (Å²) in [5.74, 6) is 5.93. The molecule has 1 aromatic heterocycles. The molecule has 1 aromatic rings. The van der Waals surface area contributed by atoms with Gasteiger partial charge in [-0.15, -0.1) is 0 Å². The van der Waals surface area contributed by atoms with Crippen molar-refractivity contribution in [3.63, 3.8) is 0 Å². The molecule has 0 aliphatic heterocycles. The molecule has 0 amide bonds. The minimum atomic E-state index is 0.653. The molecular formula is C8H12N4. The van der Waals surface area contributed by atoms with Gasteiger partial charge in [-0.1, -0.05) is 0 Å². The molecule has 0 aliphatic rings. The number of hydrogen-bond donors (Lipinski definition) is 2. The fourth-order valence-corrected chi connectivity index (χ4v) is 0.997. The molecule has 4 nitrogen and oxygen atoms in total. The largest absolute Gasteiger partial charge is 0.308 e. The highest BCUT2D eigenvalue weighted by atomic mass is 15.2. The maximum absolute atomic E-state index is 5.28. The molecule has 3 N–H and O–H groups in total. The summed E-state index contributed by atoms with van der Waals surface area (Å²) >= 11 is 0. The third-order valence-corrected chi connectivity index (χ3v) is 1.62. The number of nitrogens with two attached hydrogens (primary N) is 1. The molecule has 1 rings (SSSR count). The molecule has 12 heavy (non-hydrogen) atoms. The van der Waals surface area contributed by atoms with Crippen molar-refractivity contribution in [1.82, 2.24) is 10.4 Å². The first kappa shape index (κ1) is 8.67. The Bertz CT molecular complexity index is 293. The highest BCUT2D eigenvalue weighted by Gasteiger charge is 2.03. The second-order valence-electron chi connectivity index (χ2n) is 2.35. The first-order valence-corrected chi connectivity index (χ1v) is 3.65. The van der Waals surface area contributed by atoms with E-state index < -0.39 is 0 Å². The lowest BCUT2D eigenvalue weighted by Gasteiger charge is -2.05. The standard InChI is InChI=1S/C8H12N4/c1-6-7(4-3-5-11-6)8(10-2)12-9/h3-5H,9H2,1-2H3,(H,10,12). The van der Waals surface area contributed by atoms with E-state index in [1.807, 2.05) is 19.1 Å². The van der Waals surface area contributed by atoms with Crippen molar-refractivity contribution >= 4 is 5.84 Å². The number of aryl methyl sites for hydroxylation is 1. The molecule has 0 saturated carbocycles. The Morgan fingerprint density at radius 2 is 2.42 bits per heavy atom. The average molecular weight is 164 g/mol. The van der Waals surface area contributed by atoms with Crippen LogP contribution >= 0.6 is 0 Å². The highest BCUT2D eigenvalue weighted by Crippen LogP contribution is 2.02. The Balaban J connectivity index is 3.10. The minimum Gasteiger partial charge on any atom is -0.308 e. The second kappa shape index (κ2) is 3.82. The van der Waals surface area contributed by atoms with Gasteiger partial charge in [0.25, 0.3) is 0 Å². The number of aromatic nitrogens is 1. The van der Waals surface area contributed by atoms with Gasteiger partial charge in [0.1, 0.15) is 5.84 Å². The van der Waals surface area contributed by atoms with Crippen molar-refractivity contribution in [3.8, 4) is 0 Å². The number of nitrogens with zero attached hydrogens (tertiary/aromatic N) is 2. The van der Waals surface area contributed by atoms with Crippen LogP contribution in [0.15, 0.2) is 23.3 Å². The van der Waals surface area contributed by atoms with Crippen molar-refractivity contribution in [2.24, 2.45) is 10.8 Å². The second-order valence-corrected chi connectivity index (χ2v) is 2.35. The van der Waals surface area contributed by atoms with Crippen LogP contribution in [0.1, 0.15) is 11.3 Å². The van der Waals surface area contributed by atoms with Crippen molar-refractivity contribution in [2.75, 3.05) is 7.05 Å². The van der Waals surface area contributed by atoms with Crippen LogP contribution in [0.5, 0.6) is 0 Å². The summed E-state index contributed by atoms with van der Waals surface area (Å²) in [6, 6.07) is 3.77. The molecule has 0 unspecified atom stereocenters. The van der Waals surface area contributed by atoms with Gasteiger partial charge in [-0.25, -0.2) is 5.84 Å². The number of aliphatic imine (C=N–C) groups is 1. The van der Waals surface area contributed by atoms with Crippen LogP contribution in [0.25, 0.3) is 0 Å². The molecular weight excluding hydrogens is 152 g/mol. The van der Waals surface area contributed by atoms with E-state index in [9.17, 15) is 0 Å². The number of hydrazine groups is 1. The van der Waals surface area contributed by atoms with Crippen molar-refractivity contribution in [3.05, 3.63) is 29.6 Å². The van der Waals surface area contributed by atoms with Crippen LogP contribution in [0.2, 0.25) is 0 Å². The van der Waals surface area contributed by atoms with Gasteiger partial charge in [-0.05, 0) is 19.1 Å². The molecule has 0 aliphatic carbocycles. The zero-order valence-electron chi connectivity index (χ0n) is 7.20. The van der Waals surface area contributed by atoms with Gasteiger partial charge in [0, 0.05) is 24.5 Å². The van der Waals surface area contributed by atoms with Crippen LogP contribution in [-0.2, 0) is 0 Å². The summed E-state index contributed by atoms with van der Waals surface area (Å²) in [5.41, 5.74) is 4.36. The predicted octanol–water partition coefficient (Wildman–Crippen LogP) is 0.230. The smallest absolute Gasteiger partial charge is 0.144 e. The van der Waals surface area contributed by atoms with E-state index in [1.165, 1.54) is 0 Å². The Morgan fingerprint density at radius 3 is 2.92 bits per heavy atom. The lowest BCUT2D eigenvalue weighted by atomic mass is 10.2. The number of rotatable bonds is 1. The molecule has 0 spiro atoms. The van der Waals surface area contributed by atoms with Crippen LogP contribution in [-0.4, -0.2) is 17.9 Å². The molecule has 0 atom stereocenters. The summed E-state index contributed by atoms with van der Waals surface area (Å²) in [6.45, 7) is 1.91. The third-order valence-electron chi connectivity index (χ3n) is 1.62. The summed E-state index contributed by atoms with van der Waals surface area (Å²) in [5, 5.41) is 0. The highest BCUT2D eigenvalue weighted by molar-refractivity contribution is 5.99. The van der Waals surface area contributed by atoms with Gasteiger partial charge < -0.3 is 5.43 Å². The molecule has 0 bridgehead atoms. The van der Waals surface area contributed by atoms with Crippen LogP contribution in [0, 0.1) is 6.92 Å². The van der Waals surface area contributed by atoms with E-state index in [-0.39, 0.29) is 0 Å². The molecule has 0 saturated heterocycles. The number of nitrogens with one attached hydrogen (secondary N) is 1. The topological polar surface area (TPSA) is 63.3 Å². The van der Waals surface area contributed by atoms with Crippen LogP contribution < -0.4 is 11.3 Å². The average Bonchev–Trinajstić information content (AvgIpc) is 2.10. The first-order chi connectivity index (χ1) is 5.79. The van der Waals surface area contributed by atoms with Crippen molar-refractivity contribution in [1.29, 1.82) is 0 Å². The summed E-state index contributed by atoms with van der Waals surface area (Å²) < 4.78 is 0. The Morgan fingerprint density at radius 1 is 1.67 bits per heavy atom. The van der Waals surface area contributed by atoms with Gasteiger partial charge in [-0.3, -0.25) is 9.98 Å². The number of pyridine rings is 1. The van der Waals surface area contributed by atoms with E-state index in [2.05, 4.69) is 15.4 Å². The first-order valence-electron chi connectivity index (χ1n) is 3.65. The molecule has 0 aromatic carbocycles. The van der Waals surface area contributed by atoms with Crippen LogP contribution in [0.4, 0.5) is 0 Å². The van der Waals surface area contributed by atoms with Gasteiger partial charge in [0.15, 0.2) is 0 Å². The molecule has 0 fully saturated rings. The van der Waals surface area contributed by atoms with E-state index in [4.69, 9.17) is 5.84 Å². The monoisotopic (exact) mass is 164 g/mol. The fourth-order valence-electron chi connectivity index (χ4n) is 0.997. The number of amidine groups is 1. The molecule has 64 valence electrons.